The third-order valence-corrected chi connectivity index (χ3v) is 3.82. The summed E-state index contributed by atoms with van der Waals surface area (Å²) in [6, 6.07) is 1.77. The van der Waals surface area contributed by atoms with Gasteiger partial charge in [-0.1, -0.05) is 5.16 Å². The number of carbonyl (C=O) groups is 1. The molecule has 1 N–H and O–H groups in total. The van der Waals surface area contributed by atoms with E-state index in [1.54, 1.807) is 18.0 Å². The molecular weight excluding hydrogens is 232 g/mol. The fourth-order valence-corrected chi connectivity index (χ4v) is 2.47. The molecule has 0 radical (unpaired) electrons. The van der Waals surface area contributed by atoms with Gasteiger partial charge in [-0.15, -0.1) is 0 Å². The maximum atomic E-state index is 12.1. The molecule has 2 fully saturated rings. The van der Waals surface area contributed by atoms with E-state index in [0.717, 1.165) is 31.4 Å². The second-order valence-electron chi connectivity index (χ2n) is 5.57. The van der Waals surface area contributed by atoms with Crippen molar-refractivity contribution in [2.75, 3.05) is 13.6 Å². The van der Waals surface area contributed by atoms with Crippen molar-refractivity contribution in [1.29, 1.82) is 0 Å². The standard InChI is InChI=1S/C13H18N2O3/c1-15(7-8-4-10(16)5-8)13(17)11-6-12(18-14-11)9-2-3-9/h6,8-10,16H,2-5,7H2,1H3. The first-order valence-corrected chi connectivity index (χ1v) is 6.53. The minimum absolute atomic E-state index is 0.0907. The van der Waals surface area contributed by atoms with Crippen LogP contribution in [0.3, 0.4) is 0 Å². The maximum absolute atomic E-state index is 12.1. The normalized spacial score (nSPS) is 26.8. The molecule has 98 valence electrons. The van der Waals surface area contributed by atoms with E-state index < -0.39 is 0 Å². The number of aromatic nitrogens is 1. The largest absolute Gasteiger partial charge is 0.393 e. The van der Waals surface area contributed by atoms with E-state index in [1.165, 1.54) is 0 Å². The molecule has 0 unspecified atom stereocenters. The van der Waals surface area contributed by atoms with Gasteiger partial charge in [-0.3, -0.25) is 4.79 Å². The molecule has 2 saturated carbocycles. The SMILES string of the molecule is CN(CC1CC(O)C1)C(=O)c1cc(C2CC2)on1. The van der Waals surface area contributed by atoms with Crippen molar-refractivity contribution in [2.24, 2.45) is 5.92 Å². The molecule has 18 heavy (non-hydrogen) atoms. The Labute approximate surface area is 106 Å². The van der Waals surface area contributed by atoms with Gasteiger partial charge in [0.1, 0.15) is 5.76 Å². The predicted molar refractivity (Wildman–Crippen MR) is 64.2 cm³/mol. The van der Waals surface area contributed by atoms with Crippen molar-refractivity contribution in [2.45, 2.75) is 37.7 Å². The molecule has 1 amide bonds. The van der Waals surface area contributed by atoms with Gasteiger partial charge in [0.05, 0.1) is 6.10 Å². The summed E-state index contributed by atoms with van der Waals surface area (Å²) in [5.74, 6) is 1.65. The Balaban J connectivity index is 1.58. The van der Waals surface area contributed by atoms with Crippen LogP contribution in [0.1, 0.15) is 47.8 Å². The molecule has 0 atom stereocenters. The third-order valence-electron chi connectivity index (χ3n) is 3.82. The van der Waals surface area contributed by atoms with E-state index in [1.807, 2.05) is 0 Å². The van der Waals surface area contributed by atoms with Gasteiger partial charge >= 0.3 is 0 Å². The Morgan fingerprint density at radius 2 is 2.28 bits per heavy atom. The van der Waals surface area contributed by atoms with Gasteiger partial charge in [0.15, 0.2) is 5.69 Å². The smallest absolute Gasteiger partial charge is 0.275 e. The summed E-state index contributed by atoms with van der Waals surface area (Å²) in [6.07, 6.45) is 3.69. The van der Waals surface area contributed by atoms with Crippen LogP contribution in [0.2, 0.25) is 0 Å². The molecule has 0 spiro atoms. The number of aliphatic hydroxyl groups is 1. The lowest BCUT2D eigenvalue weighted by Crippen LogP contribution is -2.39. The molecule has 2 aliphatic rings. The number of amides is 1. The number of aliphatic hydroxyl groups excluding tert-OH is 1. The lowest BCUT2D eigenvalue weighted by molar-refractivity contribution is 0.0263. The molecule has 1 aromatic rings. The topological polar surface area (TPSA) is 66.6 Å². The number of nitrogens with zero attached hydrogens (tertiary/aromatic N) is 2. The molecule has 2 aliphatic carbocycles. The average Bonchev–Trinajstić information content (AvgIpc) is 3.04. The summed E-state index contributed by atoms with van der Waals surface area (Å²) < 4.78 is 5.18. The fraction of sp³-hybridized carbons (Fsp3) is 0.692. The summed E-state index contributed by atoms with van der Waals surface area (Å²) in [4.78, 5) is 13.8. The van der Waals surface area contributed by atoms with Crippen LogP contribution in [-0.2, 0) is 0 Å². The van der Waals surface area contributed by atoms with Crippen LogP contribution in [-0.4, -0.2) is 40.8 Å². The van der Waals surface area contributed by atoms with Crippen molar-refractivity contribution in [3.05, 3.63) is 17.5 Å². The van der Waals surface area contributed by atoms with Crippen molar-refractivity contribution >= 4 is 5.91 Å². The van der Waals surface area contributed by atoms with Crippen LogP contribution in [0.25, 0.3) is 0 Å². The van der Waals surface area contributed by atoms with Crippen LogP contribution < -0.4 is 0 Å². The van der Waals surface area contributed by atoms with E-state index >= 15 is 0 Å². The highest BCUT2D eigenvalue weighted by molar-refractivity contribution is 5.92. The predicted octanol–water partition coefficient (Wildman–Crippen LogP) is 1.39. The van der Waals surface area contributed by atoms with Gasteiger partial charge in [-0.05, 0) is 31.6 Å². The summed E-state index contributed by atoms with van der Waals surface area (Å²) in [6.45, 7) is 0.682. The minimum atomic E-state index is -0.174. The first kappa shape index (κ1) is 11.7. The van der Waals surface area contributed by atoms with Gasteiger partial charge in [0, 0.05) is 25.6 Å². The van der Waals surface area contributed by atoms with Gasteiger partial charge < -0.3 is 14.5 Å². The number of hydrogen-bond donors (Lipinski definition) is 1. The maximum Gasteiger partial charge on any atom is 0.275 e. The monoisotopic (exact) mass is 250 g/mol. The molecule has 3 rings (SSSR count). The Morgan fingerprint density at radius 1 is 1.56 bits per heavy atom. The van der Waals surface area contributed by atoms with Crippen molar-refractivity contribution in [3.63, 3.8) is 0 Å². The first-order valence-electron chi connectivity index (χ1n) is 6.53. The molecule has 0 saturated heterocycles. The highest BCUT2D eigenvalue weighted by Crippen LogP contribution is 2.40. The van der Waals surface area contributed by atoms with E-state index in [0.29, 0.717) is 24.1 Å². The van der Waals surface area contributed by atoms with Crippen LogP contribution in [0.5, 0.6) is 0 Å². The Kier molecular flexibility index (Phi) is 2.86. The van der Waals surface area contributed by atoms with Crippen molar-refractivity contribution < 1.29 is 14.4 Å². The molecule has 0 aromatic carbocycles. The Morgan fingerprint density at radius 3 is 2.89 bits per heavy atom. The quantitative estimate of drug-likeness (QED) is 0.877. The van der Waals surface area contributed by atoms with E-state index in [-0.39, 0.29) is 12.0 Å². The zero-order valence-electron chi connectivity index (χ0n) is 10.5. The molecule has 0 bridgehead atoms. The molecule has 0 aliphatic heterocycles. The van der Waals surface area contributed by atoms with Crippen LogP contribution >= 0.6 is 0 Å². The van der Waals surface area contributed by atoms with Crippen LogP contribution in [0.4, 0.5) is 0 Å². The zero-order valence-corrected chi connectivity index (χ0v) is 10.5. The van der Waals surface area contributed by atoms with Crippen LogP contribution in [0, 0.1) is 5.92 Å². The number of hydrogen-bond acceptors (Lipinski definition) is 4. The summed E-state index contributed by atoms with van der Waals surface area (Å²) in [5.41, 5.74) is 0.402. The highest BCUT2D eigenvalue weighted by Gasteiger charge is 2.31. The van der Waals surface area contributed by atoms with Gasteiger partial charge in [0.2, 0.25) is 0 Å². The lowest BCUT2D eigenvalue weighted by atomic mass is 9.82. The number of carbonyl (C=O) groups excluding carboxylic acids is 1. The zero-order chi connectivity index (χ0) is 12.7. The minimum Gasteiger partial charge on any atom is -0.393 e. The molecule has 1 heterocycles. The Bertz CT molecular complexity index is 447. The first-order chi connectivity index (χ1) is 8.63. The molecular formula is C13H18N2O3. The molecule has 1 aromatic heterocycles. The van der Waals surface area contributed by atoms with E-state index in [4.69, 9.17) is 4.52 Å². The molecule has 5 nitrogen and oxygen atoms in total. The molecule has 5 heteroatoms. The summed E-state index contributed by atoms with van der Waals surface area (Å²) in [7, 11) is 1.78. The van der Waals surface area contributed by atoms with Crippen LogP contribution in [0.15, 0.2) is 10.6 Å². The van der Waals surface area contributed by atoms with Gasteiger partial charge in [-0.2, -0.15) is 0 Å². The Hall–Kier alpha value is -1.36. The third kappa shape index (κ3) is 2.27. The second kappa shape index (κ2) is 4.39. The summed E-state index contributed by atoms with van der Waals surface area (Å²) >= 11 is 0. The van der Waals surface area contributed by atoms with E-state index in [2.05, 4.69) is 5.16 Å². The second-order valence-corrected chi connectivity index (χ2v) is 5.57. The lowest BCUT2D eigenvalue weighted by Gasteiger charge is -2.34. The van der Waals surface area contributed by atoms with Gasteiger partial charge in [0.25, 0.3) is 5.91 Å². The van der Waals surface area contributed by atoms with Crippen molar-refractivity contribution in [3.8, 4) is 0 Å². The average molecular weight is 250 g/mol. The highest BCUT2D eigenvalue weighted by atomic mass is 16.5. The van der Waals surface area contributed by atoms with Crippen molar-refractivity contribution in [1.82, 2.24) is 10.1 Å². The number of rotatable bonds is 4. The van der Waals surface area contributed by atoms with E-state index in [9.17, 15) is 9.90 Å². The fourth-order valence-electron chi connectivity index (χ4n) is 2.47. The summed E-state index contributed by atoms with van der Waals surface area (Å²) in [5, 5.41) is 13.1. The van der Waals surface area contributed by atoms with Gasteiger partial charge in [-0.25, -0.2) is 0 Å².